The molecule has 4 nitrogen and oxygen atoms in total. The zero-order valence-electron chi connectivity index (χ0n) is 14.0. The summed E-state index contributed by atoms with van der Waals surface area (Å²) >= 11 is 6.06. The van der Waals surface area contributed by atoms with Gasteiger partial charge in [-0.1, -0.05) is 17.7 Å². The van der Waals surface area contributed by atoms with Gasteiger partial charge in [0.25, 0.3) is 0 Å². The molecule has 1 amide bonds. The summed E-state index contributed by atoms with van der Waals surface area (Å²) in [6.07, 6.45) is 2.11. The highest BCUT2D eigenvalue weighted by atomic mass is 35.5. The average molecular weight is 337 g/mol. The average Bonchev–Trinajstić information content (AvgIpc) is 2.99. The molecular formula is C18H25ClN2O2. The number of amides is 1. The Morgan fingerprint density at radius 3 is 2.78 bits per heavy atom. The van der Waals surface area contributed by atoms with Crippen LogP contribution in [-0.2, 0) is 4.74 Å². The van der Waals surface area contributed by atoms with Gasteiger partial charge >= 0.3 is 6.09 Å². The molecule has 2 aliphatic rings. The number of carbonyl (C=O) groups excluding carboxylic acids is 1. The van der Waals surface area contributed by atoms with E-state index in [-0.39, 0.29) is 6.09 Å². The van der Waals surface area contributed by atoms with E-state index in [1.165, 1.54) is 0 Å². The van der Waals surface area contributed by atoms with E-state index < -0.39 is 5.60 Å². The number of anilines is 1. The van der Waals surface area contributed by atoms with Gasteiger partial charge in [0.1, 0.15) is 5.60 Å². The van der Waals surface area contributed by atoms with Crippen molar-refractivity contribution in [3.05, 3.63) is 29.3 Å². The lowest BCUT2D eigenvalue weighted by Crippen LogP contribution is -2.37. The van der Waals surface area contributed by atoms with E-state index >= 15 is 0 Å². The molecule has 1 aromatic carbocycles. The third-order valence-electron chi connectivity index (χ3n) is 4.69. The predicted octanol–water partition coefficient (Wildman–Crippen LogP) is 4.40. The van der Waals surface area contributed by atoms with Crippen LogP contribution in [0.5, 0.6) is 0 Å². The first-order valence-electron chi connectivity index (χ1n) is 8.32. The van der Waals surface area contributed by atoms with Gasteiger partial charge in [0, 0.05) is 35.8 Å². The fourth-order valence-electron chi connectivity index (χ4n) is 3.71. The Kier molecular flexibility index (Phi) is 4.45. The monoisotopic (exact) mass is 336 g/mol. The molecule has 23 heavy (non-hydrogen) atoms. The second kappa shape index (κ2) is 6.23. The summed E-state index contributed by atoms with van der Waals surface area (Å²) in [5, 5.41) is 4.34. The normalized spacial score (nSPS) is 27.0. The highest BCUT2D eigenvalue weighted by Crippen LogP contribution is 2.40. The highest BCUT2D eigenvalue weighted by Gasteiger charge is 2.44. The minimum Gasteiger partial charge on any atom is -0.444 e. The van der Waals surface area contributed by atoms with Crippen molar-refractivity contribution in [1.29, 1.82) is 0 Å². The number of carbonyl (C=O) groups is 1. The maximum atomic E-state index is 12.3. The number of nitrogens with zero attached hydrogens (tertiary/aromatic N) is 1. The van der Waals surface area contributed by atoms with Gasteiger partial charge in [-0.05, 0) is 57.7 Å². The van der Waals surface area contributed by atoms with E-state index in [2.05, 4.69) is 5.32 Å². The maximum absolute atomic E-state index is 12.3. The van der Waals surface area contributed by atoms with Gasteiger partial charge in [-0.25, -0.2) is 4.79 Å². The van der Waals surface area contributed by atoms with E-state index in [1.807, 2.05) is 49.9 Å². The molecule has 3 rings (SSSR count). The number of halogens is 1. The van der Waals surface area contributed by atoms with Crippen molar-refractivity contribution in [3.63, 3.8) is 0 Å². The molecule has 0 spiro atoms. The molecule has 0 bridgehead atoms. The Hall–Kier alpha value is -1.42. The fraction of sp³-hybridized carbons (Fsp3) is 0.611. The topological polar surface area (TPSA) is 41.6 Å². The number of fused-ring (bicyclic) bond motifs is 1. The zero-order chi connectivity index (χ0) is 16.6. The van der Waals surface area contributed by atoms with Crippen LogP contribution in [0.15, 0.2) is 24.3 Å². The lowest BCUT2D eigenvalue weighted by atomic mass is 9.97. The third-order valence-corrected chi connectivity index (χ3v) is 4.92. The van der Waals surface area contributed by atoms with Crippen LogP contribution in [0.3, 0.4) is 0 Å². The maximum Gasteiger partial charge on any atom is 0.410 e. The van der Waals surface area contributed by atoms with Crippen LogP contribution in [0, 0.1) is 11.8 Å². The van der Waals surface area contributed by atoms with Crippen molar-refractivity contribution in [2.24, 2.45) is 11.8 Å². The van der Waals surface area contributed by atoms with Gasteiger partial charge in [0.15, 0.2) is 0 Å². The van der Waals surface area contributed by atoms with Crippen LogP contribution in [0.2, 0.25) is 5.02 Å². The van der Waals surface area contributed by atoms with Gasteiger partial charge in [0.05, 0.1) is 0 Å². The van der Waals surface area contributed by atoms with Crippen molar-refractivity contribution in [1.82, 2.24) is 4.90 Å². The third kappa shape index (κ3) is 3.92. The molecule has 1 aromatic rings. The molecule has 1 N–H and O–H groups in total. The first kappa shape index (κ1) is 16.4. The number of ether oxygens (including phenoxy) is 1. The van der Waals surface area contributed by atoms with Crippen LogP contribution in [0.25, 0.3) is 0 Å². The summed E-state index contributed by atoms with van der Waals surface area (Å²) in [7, 11) is 0. The second-order valence-electron chi connectivity index (χ2n) is 7.65. The molecule has 2 fully saturated rings. The molecule has 0 aromatic heterocycles. The van der Waals surface area contributed by atoms with Gasteiger partial charge in [-0.3, -0.25) is 0 Å². The number of hydrogen-bond donors (Lipinski definition) is 1. The Morgan fingerprint density at radius 1 is 1.30 bits per heavy atom. The van der Waals surface area contributed by atoms with Gasteiger partial charge in [0.2, 0.25) is 0 Å². The van der Waals surface area contributed by atoms with Crippen molar-refractivity contribution < 1.29 is 9.53 Å². The summed E-state index contributed by atoms with van der Waals surface area (Å²) in [6.45, 7) is 7.31. The van der Waals surface area contributed by atoms with Crippen LogP contribution >= 0.6 is 11.6 Å². The Morgan fingerprint density at radius 2 is 2.09 bits per heavy atom. The summed E-state index contributed by atoms with van der Waals surface area (Å²) in [5.74, 6) is 1.06. The number of rotatable bonds is 2. The fourth-order valence-corrected chi connectivity index (χ4v) is 3.90. The Labute approximate surface area is 143 Å². The van der Waals surface area contributed by atoms with Crippen molar-refractivity contribution in [2.45, 2.75) is 45.3 Å². The minimum atomic E-state index is -0.437. The molecular weight excluding hydrogens is 312 g/mol. The zero-order valence-corrected chi connectivity index (χ0v) is 14.8. The smallest absolute Gasteiger partial charge is 0.410 e. The Bertz CT molecular complexity index is 585. The first-order chi connectivity index (χ1) is 10.8. The van der Waals surface area contributed by atoms with Crippen LogP contribution in [-0.4, -0.2) is 35.7 Å². The molecule has 1 aliphatic carbocycles. The molecule has 1 aliphatic heterocycles. The van der Waals surface area contributed by atoms with Crippen molar-refractivity contribution >= 4 is 23.4 Å². The largest absolute Gasteiger partial charge is 0.444 e. The van der Waals surface area contributed by atoms with Gasteiger partial charge in [-0.2, -0.15) is 0 Å². The lowest BCUT2D eigenvalue weighted by Gasteiger charge is -2.26. The first-order valence-corrected chi connectivity index (χ1v) is 8.70. The molecule has 3 atom stereocenters. The van der Waals surface area contributed by atoms with E-state index in [4.69, 9.17) is 16.3 Å². The van der Waals surface area contributed by atoms with E-state index in [9.17, 15) is 4.79 Å². The van der Waals surface area contributed by atoms with Crippen LogP contribution in [0.4, 0.5) is 10.5 Å². The highest BCUT2D eigenvalue weighted by molar-refractivity contribution is 6.30. The Balaban J connectivity index is 1.61. The quantitative estimate of drug-likeness (QED) is 0.870. The molecule has 5 heteroatoms. The van der Waals surface area contributed by atoms with E-state index in [1.54, 1.807) is 0 Å². The SMILES string of the molecule is CC(C)(C)OC(=O)N1C[C@@H]2CC[C@@H](Nc3cccc(Cl)c3)[C@H]2C1. The number of benzene rings is 1. The number of nitrogens with one attached hydrogen (secondary N) is 1. The minimum absolute atomic E-state index is 0.187. The van der Waals surface area contributed by atoms with Gasteiger partial charge < -0.3 is 15.0 Å². The lowest BCUT2D eigenvalue weighted by molar-refractivity contribution is 0.0280. The van der Waals surface area contributed by atoms with Crippen molar-refractivity contribution in [2.75, 3.05) is 18.4 Å². The summed E-state index contributed by atoms with van der Waals surface area (Å²) in [6, 6.07) is 8.23. The number of likely N-dealkylation sites (tertiary alicyclic amines) is 1. The van der Waals surface area contributed by atoms with Crippen LogP contribution < -0.4 is 5.32 Å². The standard InChI is InChI=1S/C18H25ClN2O2/c1-18(2,3)23-17(22)21-10-12-7-8-16(15(12)11-21)20-14-6-4-5-13(19)9-14/h4-6,9,12,15-16,20H,7-8,10-11H2,1-3H3/t12-,15-,16+/m0/s1. The molecule has 1 heterocycles. The van der Waals surface area contributed by atoms with E-state index in [0.717, 1.165) is 36.6 Å². The summed E-state index contributed by atoms with van der Waals surface area (Å²) in [5.41, 5.74) is 0.617. The van der Waals surface area contributed by atoms with Crippen LogP contribution in [0.1, 0.15) is 33.6 Å². The number of hydrogen-bond acceptors (Lipinski definition) is 3. The van der Waals surface area contributed by atoms with Crippen molar-refractivity contribution in [3.8, 4) is 0 Å². The predicted molar refractivity (Wildman–Crippen MR) is 92.9 cm³/mol. The summed E-state index contributed by atoms with van der Waals surface area (Å²) in [4.78, 5) is 14.1. The summed E-state index contributed by atoms with van der Waals surface area (Å²) < 4.78 is 5.51. The van der Waals surface area contributed by atoms with E-state index in [0.29, 0.717) is 17.9 Å². The van der Waals surface area contributed by atoms with Gasteiger partial charge in [-0.15, -0.1) is 0 Å². The molecule has 0 radical (unpaired) electrons. The molecule has 1 saturated heterocycles. The molecule has 1 saturated carbocycles. The molecule has 0 unspecified atom stereocenters. The second-order valence-corrected chi connectivity index (χ2v) is 8.08. The molecule has 126 valence electrons.